The van der Waals surface area contributed by atoms with E-state index in [2.05, 4.69) is 4.90 Å². The lowest BCUT2D eigenvalue weighted by Crippen LogP contribution is -2.18. The van der Waals surface area contributed by atoms with Crippen molar-refractivity contribution in [3.8, 4) is 11.5 Å². The minimum Gasteiger partial charge on any atom is -0.477 e. The zero-order valence-corrected chi connectivity index (χ0v) is 12.4. The Balaban J connectivity index is 1.67. The predicted molar refractivity (Wildman–Crippen MR) is 79.0 cm³/mol. The molecule has 0 radical (unpaired) electrons. The van der Waals surface area contributed by atoms with Crippen molar-refractivity contribution < 1.29 is 19.4 Å². The maximum atomic E-state index is 11.1. The molecule has 0 fully saturated rings. The van der Waals surface area contributed by atoms with Crippen molar-refractivity contribution in [1.82, 2.24) is 4.90 Å². The van der Waals surface area contributed by atoms with Gasteiger partial charge in [0, 0.05) is 13.1 Å². The van der Waals surface area contributed by atoms with Crippen LogP contribution in [-0.2, 0) is 13.1 Å². The molecule has 0 atom stereocenters. The van der Waals surface area contributed by atoms with Gasteiger partial charge in [-0.15, -0.1) is 11.3 Å². The summed E-state index contributed by atoms with van der Waals surface area (Å²) in [5, 5.41) is 10.9. The highest BCUT2D eigenvalue weighted by Crippen LogP contribution is 2.32. The van der Waals surface area contributed by atoms with Crippen LogP contribution in [0.15, 0.2) is 29.6 Å². The number of hydrogen-bond donors (Lipinski definition) is 1. The first kappa shape index (κ1) is 13.9. The van der Waals surface area contributed by atoms with Gasteiger partial charge in [-0.2, -0.15) is 0 Å². The summed E-state index contributed by atoms with van der Waals surface area (Å²) >= 11 is 1.26. The molecule has 0 saturated heterocycles. The van der Waals surface area contributed by atoms with Crippen LogP contribution in [0.1, 0.15) is 20.8 Å². The molecule has 1 aliphatic heterocycles. The molecule has 0 unspecified atom stereocenters. The lowest BCUT2D eigenvalue weighted by Gasteiger charge is -2.16. The van der Waals surface area contributed by atoms with Crippen LogP contribution < -0.4 is 9.47 Å². The normalized spacial score (nSPS) is 12.9. The molecule has 0 spiro atoms. The van der Waals surface area contributed by atoms with Crippen molar-refractivity contribution in [2.24, 2.45) is 0 Å². The molecule has 1 aromatic carbocycles. The molecule has 2 aromatic rings. The van der Waals surface area contributed by atoms with E-state index in [4.69, 9.17) is 14.6 Å². The molecule has 1 aliphatic rings. The Bertz CT molecular complexity index is 667. The second kappa shape index (κ2) is 5.75. The van der Waals surface area contributed by atoms with Crippen LogP contribution in [0.2, 0.25) is 0 Å². The van der Waals surface area contributed by atoms with Crippen molar-refractivity contribution in [2.75, 3.05) is 13.8 Å². The van der Waals surface area contributed by atoms with Crippen LogP contribution in [0.25, 0.3) is 0 Å². The number of aromatic carboxylic acids is 1. The Hall–Kier alpha value is -2.05. The number of nitrogens with zero attached hydrogens (tertiary/aromatic N) is 1. The largest absolute Gasteiger partial charge is 0.477 e. The van der Waals surface area contributed by atoms with Crippen LogP contribution in [0.5, 0.6) is 11.5 Å². The molecular formula is C15H15NO4S. The van der Waals surface area contributed by atoms with E-state index in [1.807, 2.05) is 36.7 Å². The number of hydrogen-bond acceptors (Lipinski definition) is 5. The molecule has 0 saturated carbocycles. The molecule has 3 rings (SSSR count). The molecule has 0 aliphatic carbocycles. The molecule has 1 N–H and O–H groups in total. The zero-order valence-electron chi connectivity index (χ0n) is 11.5. The average molecular weight is 305 g/mol. The fraction of sp³-hybridized carbons (Fsp3) is 0.267. The molecule has 1 aromatic heterocycles. The quantitative estimate of drug-likeness (QED) is 0.920. The molecule has 2 heterocycles. The predicted octanol–water partition coefficient (Wildman–Crippen LogP) is 2.81. The fourth-order valence-corrected chi connectivity index (χ4v) is 3.10. The first-order valence-electron chi connectivity index (χ1n) is 6.50. The number of benzene rings is 1. The number of carbonyl (C=O) groups is 1. The maximum Gasteiger partial charge on any atom is 0.346 e. The molecule has 0 bridgehead atoms. The molecular weight excluding hydrogens is 290 g/mol. The number of thiophene rings is 1. The lowest BCUT2D eigenvalue weighted by atomic mass is 10.1. The van der Waals surface area contributed by atoms with E-state index in [1.54, 1.807) is 0 Å². The first-order valence-corrected chi connectivity index (χ1v) is 7.38. The van der Waals surface area contributed by atoms with Gasteiger partial charge in [0.15, 0.2) is 11.5 Å². The van der Waals surface area contributed by atoms with Crippen molar-refractivity contribution in [3.05, 3.63) is 45.6 Å². The Kier molecular flexibility index (Phi) is 3.81. The summed E-state index contributed by atoms with van der Waals surface area (Å²) in [6, 6.07) is 7.73. The van der Waals surface area contributed by atoms with Gasteiger partial charge in [0.05, 0.1) is 0 Å². The number of carboxylic acid groups (broad SMARTS) is 1. The van der Waals surface area contributed by atoms with Gasteiger partial charge in [0.25, 0.3) is 0 Å². The fourth-order valence-electron chi connectivity index (χ4n) is 2.35. The third-order valence-corrected chi connectivity index (χ3v) is 4.22. The summed E-state index contributed by atoms with van der Waals surface area (Å²) in [6.45, 7) is 1.58. The van der Waals surface area contributed by atoms with Crippen LogP contribution in [0.3, 0.4) is 0 Å². The summed E-state index contributed by atoms with van der Waals surface area (Å²) in [4.78, 5) is 13.6. The summed E-state index contributed by atoms with van der Waals surface area (Å²) in [5.41, 5.74) is 1.95. The highest BCUT2D eigenvalue weighted by atomic mass is 32.1. The lowest BCUT2D eigenvalue weighted by molar-refractivity contribution is 0.0700. The highest BCUT2D eigenvalue weighted by Gasteiger charge is 2.16. The third-order valence-electron chi connectivity index (χ3n) is 3.27. The Morgan fingerprint density at radius 3 is 2.90 bits per heavy atom. The van der Waals surface area contributed by atoms with Gasteiger partial charge in [-0.25, -0.2) is 4.79 Å². The van der Waals surface area contributed by atoms with Gasteiger partial charge >= 0.3 is 5.97 Å². The summed E-state index contributed by atoms with van der Waals surface area (Å²) in [5.74, 6) is 0.673. The highest BCUT2D eigenvalue weighted by molar-refractivity contribution is 7.12. The van der Waals surface area contributed by atoms with Crippen molar-refractivity contribution >= 4 is 17.3 Å². The summed E-state index contributed by atoms with van der Waals surface area (Å²) in [6.07, 6.45) is 0. The van der Waals surface area contributed by atoms with Gasteiger partial charge < -0.3 is 14.6 Å². The van der Waals surface area contributed by atoms with Crippen molar-refractivity contribution in [2.45, 2.75) is 13.1 Å². The average Bonchev–Trinajstić information content (AvgIpc) is 3.06. The van der Waals surface area contributed by atoms with Crippen LogP contribution in [0.4, 0.5) is 0 Å². The van der Waals surface area contributed by atoms with Gasteiger partial charge in [-0.3, -0.25) is 4.90 Å². The standard InChI is InChI=1S/C15H15NO4S/c1-16(8-11-4-5-21-14(11)15(17)18)7-10-2-3-12-13(6-10)20-9-19-12/h2-6H,7-9H2,1H3,(H,17,18). The van der Waals surface area contributed by atoms with Crippen LogP contribution in [-0.4, -0.2) is 29.8 Å². The Morgan fingerprint density at radius 2 is 2.10 bits per heavy atom. The second-order valence-electron chi connectivity index (χ2n) is 4.94. The maximum absolute atomic E-state index is 11.1. The second-order valence-corrected chi connectivity index (χ2v) is 5.86. The van der Waals surface area contributed by atoms with E-state index >= 15 is 0 Å². The first-order chi connectivity index (χ1) is 10.1. The molecule has 5 nitrogen and oxygen atoms in total. The summed E-state index contributed by atoms with van der Waals surface area (Å²) < 4.78 is 10.6. The molecule has 6 heteroatoms. The van der Waals surface area contributed by atoms with Crippen LogP contribution >= 0.6 is 11.3 Å². The van der Waals surface area contributed by atoms with E-state index in [9.17, 15) is 4.79 Å². The summed E-state index contributed by atoms with van der Waals surface area (Å²) in [7, 11) is 1.97. The van der Waals surface area contributed by atoms with Gasteiger partial charge in [-0.1, -0.05) is 6.07 Å². The molecule has 0 amide bonds. The van der Waals surface area contributed by atoms with E-state index in [0.717, 1.165) is 22.6 Å². The molecule has 110 valence electrons. The topological polar surface area (TPSA) is 59.0 Å². The molecule has 21 heavy (non-hydrogen) atoms. The number of fused-ring (bicyclic) bond motifs is 1. The van der Waals surface area contributed by atoms with E-state index < -0.39 is 5.97 Å². The van der Waals surface area contributed by atoms with E-state index in [-0.39, 0.29) is 6.79 Å². The Labute approximate surface area is 126 Å². The van der Waals surface area contributed by atoms with E-state index in [1.165, 1.54) is 11.3 Å². The Morgan fingerprint density at radius 1 is 1.29 bits per heavy atom. The minimum atomic E-state index is -0.864. The monoisotopic (exact) mass is 305 g/mol. The smallest absolute Gasteiger partial charge is 0.346 e. The number of rotatable bonds is 5. The van der Waals surface area contributed by atoms with Gasteiger partial charge in [-0.05, 0) is 41.8 Å². The number of ether oxygens (including phenoxy) is 2. The van der Waals surface area contributed by atoms with E-state index in [0.29, 0.717) is 18.0 Å². The zero-order chi connectivity index (χ0) is 14.8. The van der Waals surface area contributed by atoms with Crippen molar-refractivity contribution in [3.63, 3.8) is 0 Å². The van der Waals surface area contributed by atoms with Crippen LogP contribution in [0, 0.1) is 0 Å². The number of carboxylic acids is 1. The van der Waals surface area contributed by atoms with Gasteiger partial charge in [0.2, 0.25) is 6.79 Å². The van der Waals surface area contributed by atoms with Crippen molar-refractivity contribution in [1.29, 1.82) is 0 Å². The third kappa shape index (κ3) is 3.01. The SMILES string of the molecule is CN(Cc1ccc2c(c1)OCO2)Cc1ccsc1C(=O)O. The van der Waals surface area contributed by atoms with Gasteiger partial charge in [0.1, 0.15) is 4.88 Å². The minimum absolute atomic E-state index is 0.269.